The molecule has 0 aliphatic rings. The zero-order chi connectivity index (χ0) is 13.7. The molecular formula is C16H23NO2. The SMILES string of the molecule is CCCOc1cccc2cc(C(CCC)NC)oc12. The smallest absolute Gasteiger partial charge is 0.176 e. The quantitative estimate of drug-likeness (QED) is 0.807. The standard InChI is InChI=1S/C16H23NO2/c1-4-7-13(17-3)15-11-12-8-6-9-14(16(12)19-15)18-10-5-2/h6,8-9,11,13,17H,4-5,7,10H2,1-3H3. The van der Waals surface area contributed by atoms with E-state index in [0.717, 1.165) is 48.3 Å². The van der Waals surface area contributed by atoms with Crippen LogP contribution >= 0.6 is 0 Å². The molecule has 0 radical (unpaired) electrons. The van der Waals surface area contributed by atoms with Crippen molar-refractivity contribution < 1.29 is 9.15 Å². The van der Waals surface area contributed by atoms with E-state index in [2.05, 4.69) is 31.3 Å². The van der Waals surface area contributed by atoms with Crippen LogP contribution in [0.4, 0.5) is 0 Å². The second-order valence-electron chi connectivity index (χ2n) is 4.80. The summed E-state index contributed by atoms with van der Waals surface area (Å²) in [7, 11) is 1.97. The molecule has 1 aromatic heterocycles. The van der Waals surface area contributed by atoms with E-state index in [0.29, 0.717) is 0 Å². The zero-order valence-corrected chi connectivity index (χ0v) is 12.0. The van der Waals surface area contributed by atoms with E-state index in [1.165, 1.54) is 0 Å². The second-order valence-corrected chi connectivity index (χ2v) is 4.80. The fraction of sp³-hybridized carbons (Fsp3) is 0.500. The molecule has 3 nitrogen and oxygen atoms in total. The lowest BCUT2D eigenvalue weighted by Gasteiger charge is -2.11. The molecule has 104 valence electrons. The Balaban J connectivity index is 2.33. The second kappa shape index (κ2) is 6.62. The molecule has 2 aromatic rings. The predicted octanol–water partition coefficient (Wildman–Crippen LogP) is 4.28. The van der Waals surface area contributed by atoms with Gasteiger partial charge in [0.15, 0.2) is 11.3 Å². The minimum absolute atomic E-state index is 0.274. The lowest BCUT2D eigenvalue weighted by Crippen LogP contribution is -2.15. The summed E-state index contributed by atoms with van der Waals surface area (Å²) < 4.78 is 11.8. The largest absolute Gasteiger partial charge is 0.490 e. The molecule has 1 heterocycles. The molecule has 0 spiro atoms. The summed E-state index contributed by atoms with van der Waals surface area (Å²) in [5.74, 6) is 1.84. The van der Waals surface area contributed by atoms with Gasteiger partial charge in [-0.15, -0.1) is 0 Å². The molecule has 0 saturated carbocycles. The highest BCUT2D eigenvalue weighted by Crippen LogP contribution is 2.32. The van der Waals surface area contributed by atoms with Gasteiger partial charge in [0.2, 0.25) is 0 Å². The van der Waals surface area contributed by atoms with Gasteiger partial charge in [-0.25, -0.2) is 0 Å². The van der Waals surface area contributed by atoms with Crippen LogP contribution in [-0.2, 0) is 0 Å². The van der Waals surface area contributed by atoms with Gasteiger partial charge < -0.3 is 14.5 Å². The van der Waals surface area contributed by atoms with Gasteiger partial charge in [-0.2, -0.15) is 0 Å². The molecule has 0 amide bonds. The molecule has 2 rings (SSSR count). The Morgan fingerprint density at radius 1 is 1.26 bits per heavy atom. The molecule has 1 unspecified atom stereocenters. The summed E-state index contributed by atoms with van der Waals surface area (Å²) in [5, 5.41) is 4.42. The summed E-state index contributed by atoms with van der Waals surface area (Å²) in [4.78, 5) is 0. The van der Waals surface area contributed by atoms with Gasteiger partial charge in [-0.1, -0.05) is 32.4 Å². The number of furan rings is 1. The normalized spacial score (nSPS) is 12.8. The highest BCUT2D eigenvalue weighted by atomic mass is 16.5. The summed E-state index contributed by atoms with van der Waals surface area (Å²) in [6, 6.07) is 8.45. The van der Waals surface area contributed by atoms with E-state index in [1.54, 1.807) is 0 Å². The van der Waals surface area contributed by atoms with E-state index >= 15 is 0 Å². The van der Waals surface area contributed by atoms with Gasteiger partial charge in [0.25, 0.3) is 0 Å². The van der Waals surface area contributed by atoms with Gasteiger partial charge >= 0.3 is 0 Å². The number of ether oxygens (including phenoxy) is 1. The molecule has 0 saturated heterocycles. The van der Waals surface area contributed by atoms with Crippen LogP contribution in [0.1, 0.15) is 44.9 Å². The number of hydrogen-bond acceptors (Lipinski definition) is 3. The highest BCUT2D eigenvalue weighted by Gasteiger charge is 2.15. The highest BCUT2D eigenvalue weighted by molar-refractivity contribution is 5.83. The van der Waals surface area contributed by atoms with Crippen molar-refractivity contribution in [2.45, 2.75) is 39.2 Å². The van der Waals surface area contributed by atoms with Crippen LogP contribution in [0.2, 0.25) is 0 Å². The molecule has 1 aromatic carbocycles. The summed E-state index contributed by atoms with van der Waals surface area (Å²) >= 11 is 0. The van der Waals surface area contributed by atoms with E-state index in [-0.39, 0.29) is 6.04 Å². The van der Waals surface area contributed by atoms with Gasteiger partial charge in [0, 0.05) is 5.39 Å². The third-order valence-electron chi connectivity index (χ3n) is 3.26. The Bertz CT molecular complexity index is 518. The van der Waals surface area contributed by atoms with Gasteiger partial charge in [0.1, 0.15) is 5.76 Å². The number of fused-ring (bicyclic) bond motifs is 1. The summed E-state index contributed by atoms with van der Waals surface area (Å²) in [6.07, 6.45) is 3.20. The lowest BCUT2D eigenvalue weighted by atomic mass is 10.1. The van der Waals surface area contributed by atoms with E-state index in [1.807, 2.05) is 19.2 Å². The maximum absolute atomic E-state index is 6.01. The molecule has 0 fully saturated rings. The number of hydrogen-bond donors (Lipinski definition) is 1. The maximum Gasteiger partial charge on any atom is 0.176 e. The lowest BCUT2D eigenvalue weighted by molar-refractivity contribution is 0.314. The first kappa shape index (κ1) is 13.9. The first-order chi connectivity index (χ1) is 9.30. The zero-order valence-electron chi connectivity index (χ0n) is 12.0. The van der Waals surface area contributed by atoms with Gasteiger partial charge in [0.05, 0.1) is 12.6 Å². The van der Waals surface area contributed by atoms with Crippen molar-refractivity contribution in [2.75, 3.05) is 13.7 Å². The van der Waals surface area contributed by atoms with Crippen molar-refractivity contribution in [3.8, 4) is 5.75 Å². The molecular weight excluding hydrogens is 238 g/mol. The number of rotatable bonds is 7. The van der Waals surface area contributed by atoms with Crippen LogP contribution in [-0.4, -0.2) is 13.7 Å². The Morgan fingerprint density at radius 3 is 2.79 bits per heavy atom. The van der Waals surface area contributed by atoms with Crippen LogP contribution in [0.15, 0.2) is 28.7 Å². The minimum atomic E-state index is 0.274. The third kappa shape index (κ3) is 3.10. The van der Waals surface area contributed by atoms with E-state index in [4.69, 9.17) is 9.15 Å². The predicted molar refractivity (Wildman–Crippen MR) is 78.7 cm³/mol. The number of benzene rings is 1. The van der Waals surface area contributed by atoms with Crippen molar-refractivity contribution in [1.82, 2.24) is 5.32 Å². The van der Waals surface area contributed by atoms with Gasteiger partial charge in [-0.3, -0.25) is 0 Å². The molecule has 0 aliphatic heterocycles. The Hall–Kier alpha value is -1.48. The van der Waals surface area contributed by atoms with Gasteiger partial charge in [-0.05, 0) is 32.0 Å². The Kier molecular flexibility index (Phi) is 4.86. The molecule has 19 heavy (non-hydrogen) atoms. The topological polar surface area (TPSA) is 34.4 Å². The average molecular weight is 261 g/mol. The number of nitrogens with one attached hydrogen (secondary N) is 1. The first-order valence-corrected chi connectivity index (χ1v) is 7.12. The van der Waals surface area contributed by atoms with Crippen LogP contribution < -0.4 is 10.1 Å². The van der Waals surface area contributed by atoms with E-state index in [9.17, 15) is 0 Å². The first-order valence-electron chi connectivity index (χ1n) is 7.12. The summed E-state index contributed by atoms with van der Waals surface area (Å²) in [5.41, 5.74) is 0.863. The van der Waals surface area contributed by atoms with Crippen molar-refractivity contribution in [2.24, 2.45) is 0 Å². The molecule has 1 N–H and O–H groups in total. The molecule has 0 bridgehead atoms. The Labute approximate surface area is 114 Å². The monoisotopic (exact) mass is 261 g/mol. The third-order valence-corrected chi connectivity index (χ3v) is 3.26. The van der Waals surface area contributed by atoms with Crippen molar-refractivity contribution in [1.29, 1.82) is 0 Å². The maximum atomic E-state index is 6.01. The van der Waals surface area contributed by atoms with Crippen LogP contribution in [0.3, 0.4) is 0 Å². The fourth-order valence-corrected chi connectivity index (χ4v) is 2.27. The Morgan fingerprint density at radius 2 is 2.11 bits per heavy atom. The minimum Gasteiger partial charge on any atom is -0.490 e. The van der Waals surface area contributed by atoms with Crippen molar-refractivity contribution in [3.63, 3.8) is 0 Å². The van der Waals surface area contributed by atoms with Crippen molar-refractivity contribution in [3.05, 3.63) is 30.0 Å². The van der Waals surface area contributed by atoms with Crippen LogP contribution in [0.5, 0.6) is 5.75 Å². The van der Waals surface area contributed by atoms with Crippen molar-refractivity contribution >= 4 is 11.0 Å². The molecule has 3 heteroatoms. The van der Waals surface area contributed by atoms with E-state index < -0.39 is 0 Å². The fourth-order valence-electron chi connectivity index (χ4n) is 2.27. The number of para-hydroxylation sites is 1. The summed E-state index contributed by atoms with van der Waals surface area (Å²) in [6.45, 7) is 5.01. The molecule has 1 atom stereocenters. The van der Waals surface area contributed by atoms with Crippen LogP contribution in [0, 0.1) is 0 Å². The molecule has 0 aliphatic carbocycles. The average Bonchev–Trinajstić information content (AvgIpc) is 2.86. The van der Waals surface area contributed by atoms with Crippen LogP contribution in [0.25, 0.3) is 11.0 Å².